The Balaban J connectivity index is 2.48. The molecule has 1 heteroatoms. The zero-order valence-corrected chi connectivity index (χ0v) is 9.59. The minimum Gasteiger partial charge on any atom is -0.507 e. The van der Waals surface area contributed by atoms with Crippen molar-refractivity contribution in [3.63, 3.8) is 0 Å². The van der Waals surface area contributed by atoms with Crippen molar-refractivity contribution in [2.75, 3.05) is 0 Å². The molecule has 0 aliphatic heterocycles. The molecule has 0 unspecified atom stereocenters. The Kier molecular flexibility index (Phi) is 2.13. The molecule has 0 spiro atoms. The lowest BCUT2D eigenvalue weighted by molar-refractivity contribution is 0.475. The molecule has 1 aliphatic rings. The number of aryl methyl sites for hydroxylation is 1. The molecule has 0 atom stereocenters. The molecular weight excluding hydrogens is 196 g/mol. The molecule has 1 nitrogen and oxygen atoms in total. The van der Waals surface area contributed by atoms with E-state index in [2.05, 4.69) is 19.1 Å². The van der Waals surface area contributed by atoms with Crippen molar-refractivity contribution in [3.8, 4) is 5.75 Å². The third kappa shape index (κ3) is 1.18. The average molecular weight is 212 g/mol. The lowest BCUT2D eigenvalue weighted by atomic mass is 9.93. The van der Waals surface area contributed by atoms with E-state index >= 15 is 0 Å². The maximum Gasteiger partial charge on any atom is 0.126 e. The Hall–Kier alpha value is -1.50. The number of phenols is 1. The number of phenolic OH excluding ortho intramolecular Hbond substituents is 1. The predicted octanol–water partition coefficient (Wildman–Crippen LogP) is 3.60. The quantitative estimate of drug-likeness (QED) is 0.765. The zero-order valence-electron chi connectivity index (χ0n) is 9.59. The van der Waals surface area contributed by atoms with Crippen LogP contribution in [0.1, 0.15) is 30.0 Å². The van der Waals surface area contributed by atoms with Crippen LogP contribution < -0.4 is 0 Å². The van der Waals surface area contributed by atoms with E-state index in [1.54, 1.807) is 0 Å². The number of hydrogen-bond donors (Lipinski definition) is 1. The second-order valence-corrected chi connectivity index (χ2v) is 4.54. The molecule has 82 valence electrons. The molecular formula is C15H16O. The maximum absolute atomic E-state index is 10.3. The van der Waals surface area contributed by atoms with Crippen molar-refractivity contribution < 1.29 is 5.11 Å². The summed E-state index contributed by atoms with van der Waals surface area (Å²) in [6, 6.07) is 8.22. The Labute approximate surface area is 95.7 Å². The van der Waals surface area contributed by atoms with Crippen LogP contribution in [0.4, 0.5) is 0 Å². The Morgan fingerprint density at radius 3 is 2.50 bits per heavy atom. The van der Waals surface area contributed by atoms with Crippen molar-refractivity contribution in [1.82, 2.24) is 0 Å². The first kappa shape index (κ1) is 9.71. The summed E-state index contributed by atoms with van der Waals surface area (Å²) in [5.41, 5.74) is 4.06. The molecule has 0 aromatic heterocycles. The van der Waals surface area contributed by atoms with Gasteiger partial charge >= 0.3 is 0 Å². The molecule has 0 saturated heterocycles. The van der Waals surface area contributed by atoms with Crippen LogP contribution in [0.3, 0.4) is 0 Å². The predicted molar refractivity (Wildman–Crippen MR) is 67.0 cm³/mol. The highest BCUT2D eigenvalue weighted by Gasteiger charge is 2.21. The topological polar surface area (TPSA) is 20.2 Å². The van der Waals surface area contributed by atoms with E-state index in [4.69, 9.17) is 0 Å². The van der Waals surface area contributed by atoms with Crippen LogP contribution in [-0.2, 0) is 19.3 Å². The first-order valence-corrected chi connectivity index (χ1v) is 6.07. The fourth-order valence-electron chi connectivity index (χ4n) is 3.02. The Morgan fingerprint density at radius 2 is 1.75 bits per heavy atom. The highest BCUT2D eigenvalue weighted by Crippen LogP contribution is 2.40. The highest BCUT2D eigenvalue weighted by molar-refractivity contribution is 5.93. The molecule has 0 amide bonds. The van der Waals surface area contributed by atoms with Gasteiger partial charge in [-0.2, -0.15) is 0 Å². The minimum atomic E-state index is 0.528. The van der Waals surface area contributed by atoms with Gasteiger partial charge < -0.3 is 5.11 Å². The van der Waals surface area contributed by atoms with Gasteiger partial charge in [0.15, 0.2) is 0 Å². The van der Waals surface area contributed by atoms with Gasteiger partial charge in [-0.25, -0.2) is 0 Å². The van der Waals surface area contributed by atoms with Crippen LogP contribution in [-0.4, -0.2) is 5.11 Å². The number of fused-ring (bicyclic) bond motifs is 2. The molecule has 0 bridgehead atoms. The van der Waals surface area contributed by atoms with Gasteiger partial charge in [0.05, 0.1) is 0 Å². The van der Waals surface area contributed by atoms with E-state index in [9.17, 15) is 5.11 Å². The van der Waals surface area contributed by atoms with Crippen LogP contribution in [0.15, 0.2) is 24.3 Å². The van der Waals surface area contributed by atoms with Gasteiger partial charge in [0.2, 0.25) is 0 Å². The van der Waals surface area contributed by atoms with Gasteiger partial charge in [-0.3, -0.25) is 0 Å². The van der Waals surface area contributed by atoms with Gasteiger partial charge in [0.1, 0.15) is 5.75 Å². The van der Waals surface area contributed by atoms with E-state index < -0.39 is 0 Å². The molecule has 2 aromatic carbocycles. The monoisotopic (exact) mass is 212 g/mol. The second-order valence-electron chi connectivity index (χ2n) is 4.54. The molecule has 0 radical (unpaired) electrons. The van der Waals surface area contributed by atoms with Gasteiger partial charge in [-0.05, 0) is 47.8 Å². The first-order valence-electron chi connectivity index (χ1n) is 6.07. The smallest absolute Gasteiger partial charge is 0.126 e. The molecule has 0 saturated carbocycles. The minimum absolute atomic E-state index is 0.528. The average Bonchev–Trinajstić information content (AvgIpc) is 2.79. The maximum atomic E-state index is 10.3. The highest BCUT2D eigenvalue weighted by atomic mass is 16.3. The van der Waals surface area contributed by atoms with Crippen molar-refractivity contribution in [1.29, 1.82) is 0 Å². The summed E-state index contributed by atoms with van der Waals surface area (Å²) in [7, 11) is 0. The summed E-state index contributed by atoms with van der Waals surface area (Å²) < 4.78 is 0. The molecule has 0 fully saturated rings. The van der Waals surface area contributed by atoms with Gasteiger partial charge in [-0.1, -0.05) is 31.2 Å². The summed E-state index contributed by atoms with van der Waals surface area (Å²) >= 11 is 0. The number of rotatable bonds is 1. The molecule has 0 heterocycles. The number of aromatic hydroxyl groups is 1. The lowest BCUT2D eigenvalue weighted by Crippen LogP contribution is -1.94. The molecule has 2 aromatic rings. The van der Waals surface area contributed by atoms with Gasteiger partial charge in [0, 0.05) is 5.39 Å². The molecule has 16 heavy (non-hydrogen) atoms. The fraction of sp³-hybridized carbons (Fsp3) is 0.333. The van der Waals surface area contributed by atoms with Gasteiger partial charge in [-0.15, -0.1) is 0 Å². The molecule has 3 rings (SSSR count). The summed E-state index contributed by atoms with van der Waals surface area (Å²) in [6.07, 6.45) is 4.42. The van der Waals surface area contributed by atoms with Crippen molar-refractivity contribution >= 4 is 10.8 Å². The third-order valence-electron chi connectivity index (χ3n) is 3.73. The third-order valence-corrected chi connectivity index (χ3v) is 3.73. The van der Waals surface area contributed by atoms with Gasteiger partial charge in [0.25, 0.3) is 0 Å². The van der Waals surface area contributed by atoms with Crippen LogP contribution in [0.2, 0.25) is 0 Å². The zero-order chi connectivity index (χ0) is 11.1. The van der Waals surface area contributed by atoms with Crippen molar-refractivity contribution in [3.05, 3.63) is 41.0 Å². The van der Waals surface area contributed by atoms with E-state index in [-0.39, 0.29) is 0 Å². The first-order chi connectivity index (χ1) is 7.83. The van der Waals surface area contributed by atoms with Crippen molar-refractivity contribution in [2.45, 2.75) is 32.6 Å². The van der Waals surface area contributed by atoms with Crippen LogP contribution in [0.5, 0.6) is 5.75 Å². The van der Waals surface area contributed by atoms with E-state index in [1.807, 2.05) is 12.1 Å². The van der Waals surface area contributed by atoms with E-state index in [0.717, 1.165) is 24.6 Å². The largest absolute Gasteiger partial charge is 0.507 e. The van der Waals surface area contributed by atoms with E-state index in [1.165, 1.54) is 28.5 Å². The summed E-state index contributed by atoms with van der Waals surface area (Å²) in [5, 5.41) is 12.6. The second kappa shape index (κ2) is 3.51. The molecule has 1 N–H and O–H groups in total. The number of hydrogen-bond acceptors (Lipinski definition) is 1. The van der Waals surface area contributed by atoms with Crippen LogP contribution in [0, 0.1) is 0 Å². The lowest BCUT2D eigenvalue weighted by Gasteiger charge is -2.13. The van der Waals surface area contributed by atoms with Crippen LogP contribution in [0.25, 0.3) is 10.8 Å². The standard InChI is InChI=1S/C15H16O/c1-2-10-11-6-3-4-7-13(11)15(16)14-9-5-8-12(10)14/h3-4,6-7,16H,2,5,8-9H2,1H3. The number of benzene rings is 2. The Bertz CT molecular complexity index is 555. The van der Waals surface area contributed by atoms with E-state index in [0.29, 0.717) is 5.75 Å². The summed E-state index contributed by atoms with van der Waals surface area (Å²) in [4.78, 5) is 0. The summed E-state index contributed by atoms with van der Waals surface area (Å²) in [6.45, 7) is 2.21. The molecule has 1 aliphatic carbocycles. The normalized spacial score (nSPS) is 14.3. The van der Waals surface area contributed by atoms with Crippen LogP contribution >= 0.6 is 0 Å². The SMILES string of the molecule is CCc1c2c(c(O)c3ccccc13)CCC2. The summed E-state index contributed by atoms with van der Waals surface area (Å²) in [5.74, 6) is 0.528. The fourth-order valence-corrected chi connectivity index (χ4v) is 3.02. The Morgan fingerprint density at radius 1 is 1.06 bits per heavy atom. The van der Waals surface area contributed by atoms with Crippen molar-refractivity contribution in [2.24, 2.45) is 0 Å².